The maximum atomic E-state index is 12.9. The van der Waals surface area contributed by atoms with Gasteiger partial charge in [-0.1, -0.05) is 47.6 Å². The van der Waals surface area contributed by atoms with Crippen LogP contribution in [0, 0.1) is 0 Å². The van der Waals surface area contributed by atoms with Crippen LogP contribution in [0.3, 0.4) is 0 Å². The minimum Gasteiger partial charge on any atom is -0.496 e. The van der Waals surface area contributed by atoms with Gasteiger partial charge in [-0.3, -0.25) is 9.59 Å². The van der Waals surface area contributed by atoms with Crippen LogP contribution in [0.4, 0.5) is 0 Å². The Balaban J connectivity index is 1.65. The Hall–Kier alpha value is -3.35. The van der Waals surface area contributed by atoms with Crippen molar-refractivity contribution >= 4 is 17.6 Å². The van der Waals surface area contributed by atoms with E-state index >= 15 is 0 Å². The summed E-state index contributed by atoms with van der Waals surface area (Å²) in [5.41, 5.74) is 2.69. The molecule has 0 aliphatic carbocycles. The van der Waals surface area contributed by atoms with Gasteiger partial charge in [0.15, 0.2) is 6.10 Å². The molecule has 7 nitrogen and oxygen atoms in total. The number of para-hydroxylation sites is 1. The minimum atomic E-state index is -0.366. The lowest BCUT2D eigenvalue weighted by atomic mass is 10.0. The van der Waals surface area contributed by atoms with E-state index < -0.39 is 0 Å². The van der Waals surface area contributed by atoms with E-state index in [9.17, 15) is 9.59 Å². The van der Waals surface area contributed by atoms with Crippen molar-refractivity contribution in [1.82, 2.24) is 4.90 Å². The highest BCUT2D eigenvalue weighted by molar-refractivity contribution is 6.03. The van der Waals surface area contributed by atoms with Crippen LogP contribution in [0.15, 0.2) is 59.8 Å². The number of ether oxygens (including phenoxy) is 2. The third-order valence-corrected chi connectivity index (χ3v) is 4.99. The van der Waals surface area contributed by atoms with Crippen molar-refractivity contribution in [3.05, 3.63) is 65.7 Å². The summed E-state index contributed by atoms with van der Waals surface area (Å²) in [5, 5.41) is 4.24. The molecule has 0 aromatic heterocycles. The highest BCUT2D eigenvalue weighted by Gasteiger charge is 2.28. The number of oxime groups is 1. The molecule has 1 atom stereocenters. The van der Waals surface area contributed by atoms with Crippen LogP contribution >= 0.6 is 0 Å². The van der Waals surface area contributed by atoms with Crippen molar-refractivity contribution in [3.8, 4) is 5.75 Å². The van der Waals surface area contributed by atoms with E-state index in [1.54, 1.807) is 18.9 Å². The van der Waals surface area contributed by atoms with E-state index in [1.807, 2.05) is 54.6 Å². The first-order valence-electron chi connectivity index (χ1n) is 10.4. The molecule has 1 amide bonds. The highest BCUT2D eigenvalue weighted by atomic mass is 16.6. The lowest BCUT2D eigenvalue weighted by Gasteiger charge is -2.25. The van der Waals surface area contributed by atoms with E-state index in [-0.39, 0.29) is 30.8 Å². The van der Waals surface area contributed by atoms with Gasteiger partial charge < -0.3 is 19.2 Å². The molecule has 0 saturated heterocycles. The Morgan fingerprint density at radius 2 is 1.84 bits per heavy atom. The smallest absolute Gasteiger partial charge is 0.306 e. The molecule has 2 aromatic rings. The summed E-state index contributed by atoms with van der Waals surface area (Å²) in [6.45, 7) is 2.86. The normalized spacial score (nSPS) is 15.0. The molecule has 1 aliphatic rings. The first-order valence-corrected chi connectivity index (χ1v) is 10.4. The Bertz CT molecular complexity index is 913. The molecular formula is C24H28N2O5. The van der Waals surface area contributed by atoms with Crippen LogP contribution < -0.4 is 4.74 Å². The molecule has 0 spiro atoms. The van der Waals surface area contributed by atoms with Gasteiger partial charge in [0.1, 0.15) is 5.75 Å². The fourth-order valence-electron chi connectivity index (χ4n) is 3.47. The number of carbonyl (C=O) groups is 2. The molecule has 0 bridgehead atoms. The van der Waals surface area contributed by atoms with Crippen molar-refractivity contribution in [2.75, 3.05) is 20.3 Å². The van der Waals surface area contributed by atoms with Gasteiger partial charge in [0, 0.05) is 24.9 Å². The van der Waals surface area contributed by atoms with Crippen molar-refractivity contribution < 1.29 is 23.9 Å². The molecule has 7 heteroatoms. The molecule has 2 aromatic carbocycles. The quantitative estimate of drug-likeness (QED) is 0.545. The van der Waals surface area contributed by atoms with Gasteiger partial charge in [-0.2, -0.15) is 0 Å². The fourth-order valence-corrected chi connectivity index (χ4v) is 3.47. The zero-order valence-electron chi connectivity index (χ0n) is 18.0. The molecule has 0 fully saturated rings. The summed E-state index contributed by atoms with van der Waals surface area (Å²) >= 11 is 0. The van der Waals surface area contributed by atoms with Gasteiger partial charge in [0.2, 0.25) is 5.91 Å². The summed E-state index contributed by atoms with van der Waals surface area (Å²) < 4.78 is 10.4. The van der Waals surface area contributed by atoms with E-state index in [2.05, 4.69) is 5.16 Å². The maximum Gasteiger partial charge on any atom is 0.306 e. The Kier molecular flexibility index (Phi) is 8.04. The number of benzene rings is 2. The van der Waals surface area contributed by atoms with Crippen molar-refractivity contribution in [2.45, 2.75) is 38.8 Å². The van der Waals surface area contributed by atoms with Crippen LogP contribution in [0.1, 0.15) is 37.3 Å². The monoisotopic (exact) mass is 424 g/mol. The molecule has 0 saturated carbocycles. The number of esters is 1. The van der Waals surface area contributed by atoms with Crippen LogP contribution in [0.25, 0.3) is 0 Å². The number of methoxy groups -OCH3 is 1. The molecular weight excluding hydrogens is 396 g/mol. The van der Waals surface area contributed by atoms with Crippen LogP contribution in [0.2, 0.25) is 0 Å². The molecule has 164 valence electrons. The summed E-state index contributed by atoms with van der Waals surface area (Å²) in [7, 11) is 1.62. The van der Waals surface area contributed by atoms with Crippen LogP contribution in [-0.4, -0.2) is 48.9 Å². The summed E-state index contributed by atoms with van der Waals surface area (Å²) in [6.07, 6.45) is 0.456. The lowest BCUT2D eigenvalue weighted by molar-refractivity contribution is -0.146. The SMILES string of the molecule is CCOC(=O)CCC(=O)N(Cc1ccccc1)C[C@H]1CC(c2ccccc2OC)=NO1. The van der Waals surface area contributed by atoms with E-state index in [1.165, 1.54) is 0 Å². The second kappa shape index (κ2) is 11.2. The molecule has 3 rings (SSSR count). The standard InChI is InChI=1S/C24H28N2O5/c1-3-30-24(28)14-13-23(27)26(16-18-9-5-4-6-10-18)17-19-15-21(25-31-19)20-11-7-8-12-22(20)29-2/h4-12,19H,3,13-17H2,1-2H3/t19-/m1/s1. The summed E-state index contributed by atoms with van der Waals surface area (Å²) in [4.78, 5) is 32.0. The maximum absolute atomic E-state index is 12.9. The number of nitrogens with zero attached hydrogens (tertiary/aromatic N) is 2. The molecule has 1 heterocycles. The van der Waals surface area contributed by atoms with Crippen molar-refractivity contribution in [2.24, 2.45) is 5.16 Å². The zero-order valence-corrected chi connectivity index (χ0v) is 18.0. The van der Waals surface area contributed by atoms with Gasteiger partial charge in [-0.15, -0.1) is 0 Å². The number of rotatable bonds is 10. The van der Waals surface area contributed by atoms with Crippen LogP contribution in [-0.2, 0) is 25.7 Å². The van der Waals surface area contributed by atoms with E-state index in [0.717, 1.165) is 22.6 Å². The molecule has 0 radical (unpaired) electrons. The van der Waals surface area contributed by atoms with E-state index in [4.69, 9.17) is 14.3 Å². The third kappa shape index (κ3) is 6.31. The second-order valence-corrected chi connectivity index (χ2v) is 7.23. The number of carbonyl (C=O) groups excluding carboxylic acids is 2. The predicted molar refractivity (Wildman–Crippen MR) is 117 cm³/mol. The molecule has 31 heavy (non-hydrogen) atoms. The second-order valence-electron chi connectivity index (χ2n) is 7.23. The summed E-state index contributed by atoms with van der Waals surface area (Å²) in [5.74, 6) is 0.248. The third-order valence-electron chi connectivity index (χ3n) is 4.99. The van der Waals surface area contributed by atoms with Crippen molar-refractivity contribution in [3.63, 3.8) is 0 Å². The largest absolute Gasteiger partial charge is 0.496 e. The van der Waals surface area contributed by atoms with Gasteiger partial charge in [-0.05, 0) is 24.6 Å². The Morgan fingerprint density at radius 3 is 2.58 bits per heavy atom. The first-order chi connectivity index (χ1) is 15.1. The van der Waals surface area contributed by atoms with Crippen molar-refractivity contribution in [1.29, 1.82) is 0 Å². The summed E-state index contributed by atoms with van der Waals surface area (Å²) in [6, 6.07) is 17.4. The van der Waals surface area contributed by atoms with Gasteiger partial charge >= 0.3 is 5.97 Å². The zero-order chi connectivity index (χ0) is 22.1. The Labute approximate surface area is 182 Å². The number of hydrogen-bond acceptors (Lipinski definition) is 6. The average Bonchev–Trinajstić information content (AvgIpc) is 3.26. The fraction of sp³-hybridized carbons (Fsp3) is 0.375. The minimum absolute atomic E-state index is 0.0620. The Morgan fingerprint density at radius 1 is 1.10 bits per heavy atom. The molecule has 1 aliphatic heterocycles. The van der Waals surface area contributed by atoms with Gasteiger partial charge in [0.25, 0.3) is 0 Å². The van der Waals surface area contributed by atoms with Gasteiger partial charge in [-0.25, -0.2) is 0 Å². The van der Waals surface area contributed by atoms with E-state index in [0.29, 0.717) is 26.1 Å². The molecule has 0 unspecified atom stereocenters. The van der Waals surface area contributed by atoms with Gasteiger partial charge in [0.05, 0.1) is 32.4 Å². The van der Waals surface area contributed by atoms with Crippen LogP contribution in [0.5, 0.6) is 5.75 Å². The first kappa shape index (κ1) is 22.3. The number of hydrogen-bond donors (Lipinski definition) is 0. The molecule has 0 N–H and O–H groups in total. The predicted octanol–water partition coefficient (Wildman–Crippen LogP) is 3.56. The number of amides is 1. The topological polar surface area (TPSA) is 77.4 Å². The average molecular weight is 424 g/mol. The highest BCUT2D eigenvalue weighted by Crippen LogP contribution is 2.25. The lowest BCUT2D eigenvalue weighted by Crippen LogP contribution is -2.37.